The Labute approximate surface area is 199 Å². The molecule has 186 valence electrons. The molecule has 0 aliphatic heterocycles. The van der Waals surface area contributed by atoms with Gasteiger partial charge >= 0.3 is 12.4 Å². The van der Waals surface area contributed by atoms with Gasteiger partial charge in [0.25, 0.3) is 0 Å². The van der Waals surface area contributed by atoms with Crippen molar-refractivity contribution >= 4 is 5.91 Å². The minimum atomic E-state index is -4.55. The van der Waals surface area contributed by atoms with E-state index in [-0.39, 0.29) is 18.7 Å². The fourth-order valence-corrected chi connectivity index (χ4v) is 3.76. The van der Waals surface area contributed by atoms with E-state index in [9.17, 15) is 31.1 Å². The zero-order chi connectivity index (χ0) is 25.6. The van der Waals surface area contributed by atoms with E-state index in [4.69, 9.17) is 0 Å². The topological polar surface area (TPSA) is 41.1 Å². The molecule has 0 fully saturated rings. The van der Waals surface area contributed by atoms with Gasteiger partial charge in [0.2, 0.25) is 5.91 Å². The normalized spacial score (nSPS) is 13.8. The summed E-state index contributed by atoms with van der Waals surface area (Å²) in [7, 11) is 1.46. The first-order valence-electron chi connectivity index (χ1n) is 10.8. The van der Waals surface area contributed by atoms with Crippen LogP contribution < -0.4 is 10.6 Å². The van der Waals surface area contributed by atoms with Crippen LogP contribution in [0.4, 0.5) is 26.3 Å². The first kappa shape index (κ1) is 26.3. The summed E-state index contributed by atoms with van der Waals surface area (Å²) >= 11 is 0. The van der Waals surface area contributed by atoms with Crippen molar-refractivity contribution in [1.82, 2.24) is 10.6 Å². The van der Waals surface area contributed by atoms with E-state index in [1.807, 2.05) is 0 Å². The van der Waals surface area contributed by atoms with Gasteiger partial charge in [-0.25, -0.2) is 0 Å². The molecule has 9 heteroatoms. The van der Waals surface area contributed by atoms with Crippen molar-refractivity contribution in [2.45, 2.75) is 37.3 Å². The van der Waals surface area contributed by atoms with Crippen molar-refractivity contribution in [3.8, 4) is 0 Å². The van der Waals surface area contributed by atoms with Gasteiger partial charge in [0.05, 0.1) is 11.1 Å². The van der Waals surface area contributed by atoms with Crippen LogP contribution in [0.3, 0.4) is 0 Å². The van der Waals surface area contributed by atoms with Crippen LogP contribution in [0.5, 0.6) is 0 Å². The summed E-state index contributed by atoms with van der Waals surface area (Å²) in [6.07, 6.45) is -8.49. The van der Waals surface area contributed by atoms with Crippen LogP contribution in [-0.2, 0) is 23.6 Å². The van der Waals surface area contributed by atoms with Crippen LogP contribution >= 0.6 is 0 Å². The summed E-state index contributed by atoms with van der Waals surface area (Å²) in [5.41, 5.74) is -0.0759. The van der Waals surface area contributed by atoms with Gasteiger partial charge in [0.1, 0.15) is 6.04 Å². The maximum Gasteiger partial charge on any atom is 0.416 e. The molecule has 0 aliphatic rings. The Bertz CT molecular complexity index is 1110. The summed E-state index contributed by atoms with van der Waals surface area (Å²) in [6.45, 7) is 0. The lowest BCUT2D eigenvalue weighted by Crippen LogP contribution is -2.38. The van der Waals surface area contributed by atoms with Crippen LogP contribution in [0, 0.1) is 0 Å². The molecule has 0 saturated carbocycles. The van der Waals surface area contributed by atoms with E-state index in [1.54, 1.807) is 30.3 Å². The van der Waals surface area contributed by atoms with Gasteiger partial charge in [0, 0.05) is 13.1 Å². The molecule has 1 unspecified atom stereocenters. The first-order chi connectivity index (χ1) is 16.5. The lowest BCUT2D eigenvalue weighted by atomic mass is 9.95. The fraction of sp³-hybridized carbons (Fsp3) is 0.269. The van der Waals surface area contributed by atoms with Crippen LogP contribution in [0.2, 0.25) is 0 Å². The SMILES string of the molecule is CNC(=O)C(N[C@@H](CCc1ccc(C(F)(F)F)cc1)c1cccc(C(F)(F)F)c1)c1ccccc1. The molecule has 3 rings (SSSR count). The number of aryl methyl sites for hydroxylation is 1. The largest absolute Gasteiger partial charge is 0.416 e. The molecular formula is C26H24F6N2O. The van der Waals surface area contributed by atoms with Gasteiger partial charge in [-0.15, -0.1) is 0 Å². The Hall–Kier alpha value is -3.33. The van der Waals surface area contributed by atoms with Crippen LogP contribution in [0.1, 0.15) is 46.3 Å². The molecule has 0 saturated heterocycles. The molecule has 0 radical (unpaired) electrons. The molecule has 2 atom stereocenters. The molecule has 1 amide bonds. The lowest BCUT2D eigenvalue weighted by molar-refractivity contribution is -0.138. The highest BCUT2D eigenvalue weighted by Crippen LogP contribution is 2.33. The van der Waals surface area contributed by atoms with Crippen LogP contribution in [-0.4, -0.2) is 13.0 Å². The average molecular weight is 494 g/mol. The number of hydrogen-bond donors (Lipinski definition) is 2. The monoisotopic (exact) mass is 494 g/mol. The molecule has 3 aromatic carbocycles. The number of nitrogens with one attached hydrogen (secondary N) is 2. The van der Waals surface area contributed by atoms with Gasteiger partial charge in [-0.1, -0.05) is 54.6 Å². The maximum absolute atomic E-state index is 13.4. The van der Waals surface area contributed by atoms with E-state index < -0.39 is 35.6 Å². The third-order valence-electron chi connectivity index (χ3n) is 5.63. The summed E-state index contributed by atoms with van der Waals surface area (Å²) in [6, 6.07) is 16.6. The number of carbonyl (C=O) groups is 1. The number of alkyl halides is 6. The molecule has 0 spiro atoms. The molecule has 0 aliphatic carbocycles. The highest BCUT2D eigenvalue weighted by Gasteiger charge is 2.32. The molecule has 3 aromatic rings. The highest BCUT2D eigenvalue weighted by atomic mass is 19.4. The molecule has 3 nitrogen and oxygen atoms in total. The Kier molecular flexibility index (Phi) is 8.22. The zero-order valence-electron chi connectivity index (χ0n) is 18.8. The third-order valence-corrected chi connectivity index (χ3v) is 5.63. The van der Waals surface area contributed by atoms with Crippen molar-refractivity contribution in [3.05, 3.63) is 107 Å². The smallest absolute Gasteiger partial charge is 0.358 e. The average Bonchev–Trinajstić information content (AvgIpc) is 2.83. The summed E-state index contributed by atoms with van der Waals surface area (Å²) in [4.78, 5) is 12.7. The minimum absolute atomic E-state index is 0.243. The van der Waals surface area contributed by atoms with Gasteiger partial charge in [0.15, 0.2) is 0 Å². The van der Waals surface area contributed by atoms with Crippen molar-refractivity contribution in [3.63, 3.8) is 0 Å². The van der Waals surface area contributed by atoms with Crippen LogP contribution in [0.25, 0.3) is 0 Å². The van der Waals surface area contributed by atoms with Crippen molar-refractivity contribution in [2.75, 3.05) is 7.05 Å². The Balaban J connectivity index is 1.92. The van der Waals surface area contributed by atoms with Gasteiger partial charge in [-0.2, -0.15) is 26.3 Å². The molecule has 0 aromatic heterocycles. The fourth-order valence-electron chi connectivity index (χ4n) is 3.76. The number of amides is 1. The summed E-state index contributed by atoms with van der Waals surface area (Å²) < 4.78 is 78.6. The van der Waals surface area contributed by atoms with Crippen LogP contribution in [0.15, 0.2) is 78.9 Å². The maximum atomic E-state index is 13.4. The number of hydrogen-bond acceptors (Lipinski definition) is 2. The molecule has 35 heavy (non-hydrogen) atoms. The summed E-state index contributed by atoms with van der Waals surface area (Å²) in [5.74, 6) is -0.372. The molecule has 0 heterocycles. The van der Waals surface area contributed by atoms with E-state index in [2.05, 4.69) is 10.6 Å². The van der Waals surface area contributed by atoms with E-state index in [1.165, 1.54) is 31.3 Å². The van der Waals surface area contributed by atoms with Gasteiger partial charge in [-0.05, 0) is 53.8 Å². The minimum Gasteiger partial charge on any atom is -0.358 e. The quantitative estimate of drug-likeness (QED) is 0.352. The second-order valence-corrected chi connectivity index (χ2v) is 8.03. The first-order valence-corrected chi connectivity index (χ1v) is 10.8. The number of carbonyl (C=O) groups excluding carboxylic acids is 1. The summed E-state index contributed by atoms with van der Waals surface area (Å²) in [5, 5.41) is 5.72. The van der Waals surface area contributed by atoms with Gasteiger partial charge < -0.3 is 5.32 Å². The standard InChI is InChI=1S/C26H24F6N2O/c1-33-24(35)23(18-6-3-2-4-7-18)34-22(19-8-5-9-21(16-19)26(30,31)32)15-12-17-10-13-20(14-11-17)25(27,28)29/h2-11,13-14,16,22-23,34H,12,15H2,1H3,(H,33,35)/t22-,23?/m0/s1. The Morgan fingerprint density at radius 2 is 1.37 bits per heavy atom. The predicted molar refractivity (Wildman–Crippen MR) is 120 cm³/mol. The van der Waals surface area contributed by atoms with Gasteiger partial charge in [-0.3, -0.25) is 10.1 Å². The van der Waals surface area contributed by atoms with E-state index in [0.717, 1.165) is 24.3 Å². The second-order valence-electron chi connectivity index (χ2n) is 8.03. The zero-order valence-corrected chi connectivity index (χ0v) is 18.8. The van der Waals surface area contributed by atoms with Crippen molar-refractivity contribution in [1.29, 1.82) is 0 Å². The number of benzene rings is 3. The Morgan fingerprint density at radius 3 is 1.94 bits per heavy atom. The second kappa shape index (κ2) is 10.9. The van der Waals surface area contributed by atoms with Crippen molar-refractivity contribution < 1.29 is 31.1 Å². The highest BCUT2D eigenvalue weighted by molar-refractivity contribution is 5.83. The number of halogens is 6. The predicted octanol–water partition coefficient (Wildman–Crippen LogP) is 6.48. The lowest BCUT2D eigenvalue weighted by Gasteiger charge is -2.26. The number of rotatable bonds is 8. The number of likely N-dealkylation sites (N-methyl/N-ethyl adjacent to an activating group) is 1. The third kappa shape index (κ3) is 7.08. The van der Waals surface area contributed by atoms with Crippen molar-refractivity contribution in [2.24, 2.45) is 0 Å². The molecular weight excluding hydrogens is 470 g/mol. The molecule has 0 bridgehead atoms. The Morgan fingerprint density at radius 1 is 0.771 bits per heavy atom. The van der Waals surface area contributed by atoms with E-state index >= 15 is 0 Å². The van der Waals surface area contributed by atoms with E-state index in [0.29, 0.717) is 16.7 Å². The molecule has 2 N–H and O–H groups in total.